The van der Waals surface area contributed by atoms with Gasteiger partial charge in [-0.15, -0.1) is 5.10 Å². The first-order valence-electron chi connectivity index (χ1n) is 7.32. The number of nitrogens with zero attached hydrogens (tertiary/aromatic N) is 3. The Hall–Kier alpha value is -1.06. The summed E-state index contributed by atoms with van der Waals surface area (Å²) in [5, 5.41) is 47.1. The molecule has 21 heavy (non-hydrogen) atoms. The molecule has 4 atom stereocenters. The van der Waals surface area contributed by atoms with E-state index in [1.54, 1.807) is 6.20 Å². The van der Waals surface area contributed by atoms with Crippen LogP contribution in [0.15, 0.2) is 6.20 Å². The smallest absolute Gasteiger partial charge is 0.184 e. The molecule has 2 heterocycles. The Morgan fingerprint density at radius 3 is 2.52 bits per heavy atom. The topological polar surface area (TPSA) is 121 Å². The molecule has 8 heteroatoms. The Labute approximate surface area is 122 Å². The summed E-state index contributed by atoms with van der Waals surface area (Å²) in [5.74, 6) is 0. The maximum atomic E-state index is 10.6. The maximum absolute atomic E-state index is 10.6. The molecule has 2 aliphatic rings. The van der Waals surface area contributed by atoms with Gasteiger partial charge in [-0.1, -0.05) is 24.5 Å². The minimum Gasteiger partial charge on any atom is -0.387 e. The highest BCUT2D eigenvalue weighted by atomic mass is 16.6. The lowest BCUT2D eigenvalue weighted by molar-refractivity contribution is -0.129. The van der Waals surface area contributed by atoms with E-state index in [4.69, 9.17) is 4.74 Å². The quantitative estimate of drug-likeness (QED) is 0.557. The van der Waals surface area contributed by atoms with Crippen molar-refractivity contribution in [3.05, 3.63) is 11.9 Å². The van der Waals surface area contributed by atoms with Gasteiger partial charge in [-0.2, -0.15) is 0 Å². The lowest BCUT2D eigenvalue weighted by Gasteiger charge is -2.29. The molecule has 1 saturated carbocycles. The fourth-order valence-corrected chi connectivity index (χ4v) is 3.06. The van der Waals surface area contributed by atoms with Crippen LogP contribution in [-0.4, -0.2) is 60.0 Å². The molecule has 2 fully saturated rings. The molecule has 1 aliphatic heterocycles. The van der Waals surface area contributed by atoms with Crippen LogP contribution in [0, 0.1) is 0 Å². The Morgan fingerprint density at radius 1 is 1.19 bits per heavy atom. The predicted octanol–water partition coefficient (Wildman–Crippen LogP) is -1.13. The standard InChI is InChI=1S/C13H21N3O5/c17-10-8(21-12(19)11(10)18)6-16-7-9(14-15-16)13(20)4-2-1-3-5-13/h7-8,10-12,17-20H,1-6H2/t8-,10-,11-,12-/m1/s1. The third kappa shape index (κ3) is 2.82. The van der Waals surface area contributed by atoms with Crippen LogP contribution in [0.4, 0.5) is 0 Å². The number of hydrogen-bond acceptors (Lipinski definition) is 7. The molecule has 0 aromatic carbocycles. The van der Waals surface area contributed by atoms with E-state index in [2.05, 4.69) is 10.3 Å². The van der Waals surface area contributed by atoms with Crippen LogP contribution in [0.5, 0.6) is 0 Å². The van der Waals surface area contributed by atoms with Crippen molar-refractivity contribution in [3.8, 4) is 0 Å². The Kier molecular flexibility index (Phi) is 3.98. The lowest BCUT2D eigenvalue weighted by atomic mass is 9.83. The molecule has 118 valence electrons. The van der Waals surface area contributed by atoms with Gasteiger partial charge in [0.05, 0.1) is 12.7 Å². The van der Waals surface area contributed by atoms with E-state index in [-0.39, 0.29) is 6.54 Å². The molecule has 4 N–H and O–H groups in total. The second-order valence-electron chi connectivity index (χ2n) is 5.96. The van der Waals surface area contributed by atoms with Crippen LogP contribution < -0.4 is 0 Å². The zero-order valence-corrected chi connectivity index (χ0v) is 11.7. The monoisotopic (exact) mass is 299 g/mol. The molecule has 0 radical (unpaired) electrons. The van der Waals surface area contributed by atoms with Gasteiger partial charge in [0.2, 0.25) is 0 Å². The van der Waals surface area contributed by atoms with Gasteiger partial charge >= 0.3 is 0 Å². The average Bonchev–Trinajstić information content (AvgIpc) is 3.03. The third-order valence-corrected chi connectivity index (χ3v) is 4.40. The average molecular weight is 299 g/mol. The van der Waals surface area contributed by atoms with Crippen LogP contribution in [-0.2, 0) is 16.9 Å². The second kappa shape index (κ2) is 5.62. The van der Waals surface area contributed by atoms with Crippen molar-refractivity contribution in [2.24, 2.45) is 0 Å². The SMILES string of the molecule is O[C@@H]1[C@H](O)[C@@H](Cn2cc(C3(O)CCCCC3)nn2)O[C@H]1O. The van der Waals surface area contributed by atoms with Gasteiger partial charge in [-0.25, -0.2) is 4.68 Å². The van der Waals surface area contributed by atoms with E-state index in [1.807, 2.05) is 0 Å². The normalized spacial score (nSPS) is 36.0. The lowest BCUT2D eigenvalue weighted by Crippen LogP contribution is -2.34. The zero-order chi connectivity index (χ0) is 15.0. The van der Waals surface area contributed by atoms with Crippen LogP contribution in [0.2, 0.25) is 0 Å². The minimum atomic E-state index is -1.39. The highest BCUT2D eigenvalue weighted by molar-refractivity contribution is 5.08. The molecule has 0 unspecified atom stereocenters. The molecule has 1 aromatic rings. The number of aliphatic hydroxyl groups excluding tert-OH is 3. The zero-order valence-electron chi connectivity index (χ0n) is 11.7. The van der Waals surface area contributed by atoms with Crippen molar-refractivity contribution in [2.45, 2.75) is 68.9 Å². The summed E-state index contributed by atoms with van der Waals surface area (Å²) in [7, 11) is 0. The van der Waals surface area contributed by atoms with Gasteiger partial charge in [-0.05, 0) is 12.8 Å². The van der Waals surface area contributed by atoms with E-state index in [9.17, 15) is 20.4 Å². The molecule has 1 aromatic heterocycles. The van der Waals surface area contributed by atoms with Crippen molar-refractivity contribution < 1.29 is 25.2 Å². The molecule has 0 spiro atoms. The number of aromatic nitrogens is 3. The first-order chi connectivity index (χ1) is 9.99. The van der Waals surface area contributed by atoms with Crippen LogP contribution in [0.1, 0.15) is 37.8 Å². The van der Waals surface area contributed by atoms with Gasteiger partial charge in [0, 0.05) is 0 Å². The fourth-order valence-electron chi connectivity index (χ4n) is 3.06. The number of hydrogen-bond donors (Lipinski definition) is 4. The van der Waals surface area contributed by atoms with E-state index in [0.29, 0.717) is 18.5 Å². The van der Waals surface area contributed by atoms with Crippen molar-refractivity contribution in [1.29, 1.82) is 0 Å². The van der Waals surface area contributed by atoms with Crippen LogP contribution >= 0.6 is 0 Å². The van der Waals surface area contributed by atoms with Crippen molar-refractivity contribution in [1.82, 2.24) is 15.0 Å². The molecular formula is C13H21N3O5. The van der Waals surface area contributed by atoms with E-state index in [0.717, 1.165) is 19.3 Å². The van der Waals surface area contributed by atoms with E-state index in [1.165, 1.54) is 4.68 Å². The van der Waals surface area contributed by atoms with E-state index >= 15 is 0 Å². The summed E-state index contributed by atoms with van der Waals surface area (Å²) < 4.78 is 6.53. The van der Waals surface area contributed by atoms with E-state index < -0.39 is 30.2 Å². The Morgan fingerprint density at radius 2 is 1.90 bits per heavy atom. The number of ether oxygens (including phenoxy) is 1. The third-order valence-electron chi connectivity index (χ3n) is 4.40. The second-order valence-corrected chi connectivity index (χ2v) is 5.96. The minimum absolute atomic E-state index is 0.151. The first kappa shape index (κ1) is 14.9. The van der Waals surface area contributed by atoms with Crippen LogP contribution in [0.25, 0.3) is 0 Å². The predicted molar refractivity (Wildman–Crippen MR) is 69.9 cm³/mol. The summed E-state index contributed by atoms with van der Waals surface area (Å²) in [4.78, 5) is 0. The van der Waals surface area contributed by atoms with Crippen LogP contribution in [0.3, 0.4) is 0 Å². The number of rotatable bonds is 3. The molecule has 0 bridgehead atoms. The summed E-state index contributed by atoms with van der Waals surface area (Å²) in [6, 6.07) is 0. The van der Waals surface area contributed by atoms with Gasteiger partial charge < -0.3 is 25.2 Å². The molecule has 8 nitrogen and oxygen atoms in total. The molecule has 1 saturated heterocycles. The van der Waals surface area contributed by atoms with Crippen molar-refractivity contribution >= 4 is 0 Å². The Balaban J connectivity index is 1.68. The molecule has 0 amide bonds. The summed E-state index contributed by atoms with van der Waals surface area (Å²) in [5.41, 5.74) is -0.402. The molecule has 3 rings (SSSR count). The van der Waals surface area contributed by atoms with Gasteiger partial charge in [0.15, 0.2) is 6.29 Å². The van der Waals surface area contributed by atoms with Crippen molar-refractivity contribution in [3.63, 3.8) is 0 Å². The largest absolute Gasteiger partial charge is 0.387 e. The summed E-state index contributed by atoms with van der Waals surface area (Å²) >= 11 is 0. The van der Waals surface area contributed by atoms with Gasteiger partial charge in [0.25, 0.3) is 0 Å². The van der Waals surface area contributed by atoms with Crippen molar-refractivity contribution in [2.75, 3.05) is 0 Å². The Bertz CT molecular complexity index is 488. The fraction of sp³-hybridized carbons (Fsp3) is 0.846. The van der Waals surface area contributed by atoms with Gasteiger partial charge in [0.1, 0.15) is 29.6 Å². The molecule has 1 aliphatic carbocycles. The summed E-state index contributed by atoms with van der Waals surface area (Å²) in [6.07, 6.45) is 1.38. The highest BCUT2D eigenvalue weighted by Crippen LogP contribution is 2.35. The highest BCUT2D eigenvalue weighted by Gasteiger charge is 2.42. The molecular weight excluding hydrogens is 278 g/mol. The summed E-state index contributed by atoms with van der Waals surface area (Å²) in [6.45, 7) is 0.151. The number of aliphatic hydroxyl groups is 4. The first-order valence-corrected chi connectivity index (χ1v) is 7.32. The maximum Gasteiger partial charge on any atom is 0.184 e. The van der Waals surface area contributed by atoms with Gasteiger partial charge in [-0.3, -0.25) is 0 Å².